The van der Waals surface area contributed by atoms with Crippen molar-refractivity contribution in [2.45, 2.75) is 50.7 Å². The van der Waals surface area contributed by atoms with Crippen molar-refractivity contribution in [1.29, 1.82) is 0 Å². The number of rotatable bonds is 8. The van der Waals surface area contributed by atoms with Crippen LogP contribution in [0.3, 0.4) is 0 Å². The lowest BCUT2D eigenvalue weighted by Crippen LogP contribution is -2.52. The van der Waals surface area contributed by atoms with Gasteiger partial charge in [-0.25, -0.2) is 9.59 Å². The molecule has 2 fully saturated rings. The summed E-state index contributed by atoms with van der Waals surface area (Å²) in [6, 6.07) is 16.7. The molecule has 10 heteroatoms. The summed E-state index contributed by atoms with van der Waals surface area (Å²) in [6.07, 6.45) is -0.480. The largest absolute Gasteiger partial charge is 0.459 e. The van der Waals surface area contributed by atoms with Crippen molar-refractivity contribution in [1.82, 2.24) is 15.1 Å². The Bertz CT molecular complexity index is 1100. The first-order valence-electron chi connectivity index (χ1n) is 12.4. The Morgan fingerprint density at radius 2 is 1.49 bits per heavy atom. The van der Waals surface area contributed by atoms with Gasteiger partial charge in [0.25, 0.3) is 0 Å². The number of aliphatic hydroxyl groups is 1. The molecule has 2 aromatic rings. The van der Waals surface area contributed by atoms with E-state index < -0.39 is 42.1 Å². The molecule has 2 aliphatic rings. The van der Waals surface area contributed by atoms with E-state index in [0.717, 1.165) is 11.1 Å². The maximum Gasteiger partial charge on any atom is 0.407 e. The zero-order valence-corrected chi connectivity index (χ0v) is 20.5. The number of amides is 3. The van der Waals surface area contributed by atoms with Gasteiger partial charge in [-0.05, 0) is 24.0 Å². The molecular formula is C27H31N3O7. The first kappa shape index (κ1) is 26.2. The van der Waals surface area contributed by atoms with Gasteiger partial charge in [0, 0.05) is 19.5 Å². The Morgan fingerprint density at radius 3 is 2.14 bits per heavy atom. The second-order valence-electron chi connectivity index (χ2n) is 9.15. The van der Waals surface area contributed by atoms with Crippen molar-refractivity contribution in [3.63, 3.8) is 0 Å². The van der Waals surface area contributed by atoms with E-state index in [-0.39, 0.29) is 32.7 Å². The van der Waals surface area contributed by atoms with E-state index in [4.69, 9.17) is 9.47 Å². The predicted molar refractivity (Wildman–Crippen MR) is 132 cm³/mol. The molecular weight excluding hydrogens is 478 g/mol. The number of esters is 1. The fourth-order valence-corrected chi connectivity index (χ4v) is 4.64. The fraction of sp³-hybridized carbons (Fsp3) is 0.407. The normalized spacial score (nSPS) is 20.9. The molecule has 0 aromatic heterocycles. The number of aliphatic hydroxyl groups excluding tert-OH is 1. The SMILES string of the molecule is O=C(NCC(=O)N1C[C@H](O)C[C@H]1C(=O)N1CCC[C@@H]1C(=O)OCc1ccccc1)OCc1ccccc1. The Morgan fingerprint density at radius 1 is 0.865 bits per heavy atom. The Hall–Kier alpha value is -3.92. The van der Waals surface area contributed by atoms with Crippen LogP contribution in [0.25, 0.3) is 0 Å². The maximum absolute atomic E-state index is 13.4. The molecule has 4 rings (SSSR count). The van der Waals surface area contributed by atoms with E-state index in [1.165, 1.54) is 9.80 Å². The molecule has 0 bridgehead atoms. The van der Waals surface area contributed by atoms with E-state index in [0.29, 0.717) is 19.4 Å². The number of nitrogens with one attached hydrogen (secondary N) is 1. The van der Waals surface area contributed by atoms with Crippen LogP contribution in [0.2, 0.25) is 0 Å². The third kappa shape index (κ3) is 6.85. The third-order valence-electron chi connectivity index (χ3n) is 6.51. The smallest absolute Gasteiger partial charge is 0.407 e. The van der Waals surface area contributed by atoms with Gasteiger partial charge in [0.05, 0.1) is 6.10 Å². The minimum atomic E-state index is -0.924. The number of carbonyl (C=O) groups excluding carboxylic acids is 4. The molecule has 0 saturated carbocycles. The molecule has 0 unspecified atom stereocenters. The molecule has 0 radical (unpaired) electrons. The van der Waals surface area contributed by atoms with Crippen molar-refractivity contribution in [2.24, 2.45) is 0 Å². The minimum absolute atomic E-state index is 0.0348. The molecule has 2 heterocycles. The summed E-state index contributed by atoms with van der Waals surface area (Å²) in [5.41, 5.74) is 1.65. The van der Waals surface area contributed by atoms with Crippen LogP contribution >= 0.6 is 0 Å². The van der Waals surface area contributed by atoms with Crippen LogP contribution in [-0.4, -0.2) is 76.6 Å². The van der Waals surface area contributed by atoms with E-state index >= 15 is 0 Å². The summed E-state index contributed by atoms with van der Waals surface area (Å²) >= 11 is 0. The van der Waals surface area contributed by atoms with Gasteiger partial charge < -0.3 is 29.7 Å². The molecule has 3 atom stereocenters. The number of hydrogen-bond acceptors (Lipinski definition) is 7. The van der Waals surface area contributed by atoms with Gasteiger partial charge in [-0.15, -0.1) is 0 Å². The second-order valence-corrected chi connectivity index (χ2v) is 9.15. The van der Waals surface area contributed by atoms with Crippen LogP contribution < -0.4 is 5.32 Å². The van der Waals surface area contributed by atoms with Crippen LogP contribution in [0.1, 0.15) is 30.4 Å². The Kier molecular flexibility index (Phi) is 8.73. The highest BCUT2D eigenvalue weighted by atomic mass is 16.5. The first-order chi connectivity index (χ1) is 17.9. The molecule has 2 aromatic carbocycles. The van der Waals surface area contributed by atoms with E-state index in [2.05, 4.69) is 5.32 Å². The lowest BCUT2D eigenvalue weighted by atomic mass is 10.1. The average molecular weight is 510 g/mol. The van der Waals surface area contributed by atoms with Crippen molar-refractivity contribution in [2.75, 3.05) is 19.6 Å². The van der Waals surface area contributed by atoms with E-state index in [1.54, 1.807) is 0 Å². The Labute approximate surface area is 215 Å². The summed E-state index contributed by atoms with van der Waals surface area (Å²) < 4.78 is 10.6. The van der Waals surface area contributed by atoms with Crippen molar-refractivity contribution < 1.29 is 33.8 Å². The number of hydrogen-bond donors (Lipinski definition) is 2. The van der Waals surface area contributed by atoms with E-state index in [1.807, 2.05) is 60.7 Å². The van der Waals surface area contributed by atoms with Gasteiger partial charge in [-0.1, -0.05) is 60.7 Å². The molecule has 196 valence electrons. The second kappa shape index (κ2) is 12.4. The van der Waals surface area contributed by atoms with Crippen LogP contribution in [0.15, 0.2) is 60.7 Å². The monoisotopic (exact) mass is 509 g/mol. The number of likely N-dealkylation sites (tertiary alicyclic amines) is 2. The average Bonchev–Trinajstić information content (AvgIpc) is 3.57. The number of nitrogens with zero attached hydrogens (tertiary/aromatic N) is 2. The number of β-amino-alcohol motifs (C(OH)–C–C–N with tert-alkyl or cyclic N) is 1. The van der Waals surface area contributed by atoms with Gasteiger partial charge >= 0.3 is 12.1 Å². The first-order valence-corrected chi connectivity index (χ1v) is 12.4. The van der Waals surface area contributed by atoms with Gasteiger partial charge in [-0.3, -0.25) is 9.59 Å². The van der Waals surface area contributed by atoms with Crippen LogP contribution in [-0.2, 0) is 37.1 Å². The van der Waals surface area contributed by atoms with Gasteiger partial charge in [0.1, 0.15) is 31.8 Å². The highest BCUT2D eigenvalue weighted by molar-refractivity contribution is 5.92. The summed E-state index contributed by atoms with van der Waals surface area (Å²) in [7, 11) is 0. The van der Waals surface area contributed by atoms with Gasteiger partial charge in [-0.2, -0.15) is 0 Å². The molecule has 10 nitrogen and oxygen atoms in total. The van der Waals surface area contributed by atoms with Crippen molar-refractivity contribution >= 4 is 23.9 Å². The van der Waals surface area contributed by atoms with Crippen LogP contribution in [0, 0.1) is 0 Å². The molecule has 2 saturated heterocycles. The molecule has 0 aliphatic carbocycles. The molecule has 0 spiro atoms. The lowest BCUT2D eigenvalue weighted by molar-refractivity contribution is -0.156. The number of ether oxygens (including phenoxy) is 2. The molecule has 3 amide bonds. The zero-order valence-electron chi connectivity index (χ0n) is 20.5. The number of benzene rings is 2. The fourth-order valence-electron chi connectivity index (χ4n) is 4.64. The summed E-state index contributed by atoms with van der Waals surface area (Å²) in [5, 5.41) is 12.6. The van der Waals surface area contributed by atoms with Gasteiger partial charge in [0.15, 0.2) is 0 Å². The summed E-state index contributed by atoms with van der Waals surface area (Å²) in [6.45, 7) is 0.111. The van der Waals surface area contributed by atoms with Crippen molar-refractivity contribution in [3.8, 4) is 0 Å². The Balaban J connectivity index is 1.30. The quantitative estimate of drug-likeness (QED) is 0.518. The van der Waals surface area contributed by atoms with E-state index in [9.17, 15) is 24.3 Å². The van der Waals surface area contributed by atoms with Crippen molar-refractivity contribution in [3.05, 3.63) is 71.8 Å². The lowest BCUT2D eigenvalue weighted by Gasteiger charge is -2.30. The zero-order chi connectivity index (χ0) is 26.2. The predicted octanol–water partition coefficient (Wildman–Crippen LogP) is 1.61. The molecule has 2 N–H and O–H groups in total. The van der Waals surface area contributed by atoms with Crippen LogP contribution in [0.4, 0.5) is 4.79 Å². The highest BCUT2D eigenvalue weighted by Crippen LogP contribution is 2.26. The third-order valence-corrected chi connectivity index (χ3v) is 6.51. The molecule has 2 aliphatic heterocycles. The standard InChI is InChI=1S/C27H31N3O7/c31-21-14-23(30(16-21)24(32)15-28-27(35)37-18-20-10-5-2-6-11-20)25(33)29-13-7-12-22(29)26(34)36-17-19-8-3-1-4-9-19/h1-6,8-11,21-23,31H,7,12-18H2,(H,28,35)/t21-,22-,23+/m1/s1. The summed E-state index contributed by atoms with van der Waals surface area (Å²) in [5.74, 6) is -1.42. The number of alkyl carbamates (subject to hydrolysis) is 1. The maximum atomic E-state index is 13.4. The summed E-state index contributed by atoms with van der Waals surface area (Å²) in [4.78, 5) is 53.7. The number of carbonyl (C=O) groups is 4. The minimum Gasteiger partial charge on any atom is -0.459 e. The van der Waals surface area contributed by atoms with Gasteiger partial charge in [0.2, 0.25) is 11.8 Å². The topological polar surface area (TPSA) is 125 Å². The molecule has 37 heavy (non-hydrogen) atoms. The highest BCUT2D eigenvalue weighted by Gasteiger charge is 2.45. The van der Waals surface area contributed by atoms with Crippen LogP contribution in [0.5, 0.6) is 0 Å².